The first-order chi connectivity index (χ1) is 6.20. The van der Waals surface area contributed by atoms with E-state index in [1.54, 1.807) is 0 Å². The summed E-state index contributed by atoms with van der Waals surface area (Å²) in [5.41, 5.74) is 0. The molecule has 1 rings (SSSR count). The van der Waals surface area contributed by atoms with Crippen molar-refractivity contribution in [2.24, 2.45) is 0 Å². The van der Waals surface area contributed by atoms with Crippen LogP contribution in [-0.4, -0.2) is 36.6 Å². The zero-order chi connectivity index (χ0) is 9.84. The summed E-state index contributed by atoms with van der Waals surface area (Å²) in [5.74, 6) is -0.109. The average molecular weight is 183 g/mol. The number of hydrogen-bond acceptors (Lipinski definition) is 3. The molecule has 1 fully saturated rings. The third-order valence-electron chi connectivity index (χ3n) is 2.61. The van der Waals surface area contributed by atoms with E-state index >= 15 is 0 Å². The molecule has 13 heavy (non-hydrogen) atoms. The second-order valence-electron chi connectivity index (χ2n) is 3.44. The number of ether oxygens (including phenoxy) is 1. The van der Waals surface area contributed by atoms with Crippen LogP contribution in [0.4, 0.5) is 0 Å². The van der Waals surface area contributed by atoms with E-state index in [0.29, 0.717) is 6.04 Å². The predicted molar refractivity (Wildman–Crippen MR) is 51.4 cm³/mol. The molecule has 0 spiro atoms. The second-order valence-corrected chi connectivity index (χ2v) is 3.44. The van der Waals surface area contributed by atoms with Gasteiger partial charge in [0.25, 0.3) is 0 Å². The fraction of sp³-hybridized carbons (Fsp3) is 0.700. The highest BCUT2D eigenvalue weighted by Crippen LogP contribution is 2.23. The van der Waals surface area contributed by atoms with Gasteiger partial charge in [-0.3, -0.25) is 9.69 Å². The quantitative estimate of drug-likeness (QED) is 0.484. The number of carbonyl (C=O) groups excluding carboxylic acids is 1. The van der Waals surface area contributed by atoms with Gasteiger partial charge < -0.3 is 4.74 Å². The van der Waals surface area contributed by atoms with E-state index in [-0.39, 0.29) is 12.0 Å². The first-order valence-electron chi connectivity index (χ1n) is 4.65. The van der Waals surface area contributed by atoms with E-state index in [0.717, 1.165) is 19.4 Å². The zero-order valence-corrected chi connectivity index (χ0v) is 8.32. The van der Waals surface area contributed by atoms with Gasteiger partial charge in [-0.05, 0) is 19.8 Å². The van der Waals surface area contributed by atoms with Gasteiger partial charge in [-0.1, -0.05) is 6.08 Å². The molecule has 2 atom stereocenters. The number of rotatable bonds is 4. The van der Waals surface area contributed by atoms with Crippen LogP contribution in [-0.2, 0) is 9.53 Å². The van der Waals surface area contributed by atoms with E-state index < -0.39 is 0 Å². The van der Waals surface area contributed by atoms with Crippen molar-refractivity contribution in [3.8, 4) is 0 Å². The van der Waals surface area contributed by atoms with Crippen molar-refractivity contribution in [2.75, 3.05) is 13.7 Å². The molecule has 1 aliphatic heterocycles. The Kier molecular flexibility index (Phi) is 3.48. The van der Waals surface area contributed by atoms with Crippen LogP contribution in [0.15, 0.2) is 12.7 Å². The van der Waals surface area contributed by atoms with Crippen LogP contribution < -0.4 is 0 Å². The molecule has 1 heterocycles. The molecule has 1 saturated heterocycles. The number of likely N-dealkylation sites (tertiary alicyclic amines) is 1. The Hall–Kier alpha value is -0.830. The number of nitrogens with zero attached hydrogens (tertiary/aromatic N) is 1. The highest BCUT2D eigenvalue weighted by Gasteiger charge is 2.37. The molecule has 0 radical (unpaired) electrons. The molecular formula is C10H17NO2. The summed E-state index contributed by atoms with van der Waals surface area (Å²) in [6.07, 6.45) is 3.74. The monoisotopic (exact) mass is 183 g/mol. The largest absolute Gasteiger partial charge is 0.468 e. The number of methoxy groups -OCH3 is 1. The smallest absolute Gasteiger partial charge is 0.323 e. The van der Waals surface area contributed by atoms with E-state index in [4.69, 9.17) is 4.74 Å². The van der Waals surface area contributed by atoms with Gasteiger partial charge in [0.05, 0.1) is 7.11 Å². The van der Waals surface area contributed by atoms with Gasteiger partial charge in [-0.2, -0.15) is 0 Å². The molecule has 0 aromatic heterocycles. The Morgan fingerprint density at radius 1 is 1.85 bits per heavy atom. The second kappa shape index (κ2) is 4.42. The molecule has 0 N–H and O–H groups in total. The summed E-state index contributed by atoms with van der Waals surface area (Å²) >= 11 is 0. The van der Waals surface area contributed by atoms with Crippen LogP contribution in [0, 0.1) is 0 Å². The molecule has 1 aliphatic rings. The Bertz CT molecular complexity index is 203. The van der Waals surface area contributed by atoms with Crippen molar-refractivity contribution >= 4 is 5.97 Å². The fourth-order valence-electron chi connectivity index (χ4n) is 1.70. The first kappa shape index (κ1) is 10.3. The molecule has 0 aromatic carbocycles. The lowest BCUT2D eigenvalue weighted by Crippen LogP contribution is -2.56. The van der Waals surface area contributed by atoms with E-state index in [2.05, 4.69) is 18.4 Å². The predicted octanol–water partition coefficient (Wildman–Crippen LogP) is 1.20. The van der Waals surface area contributed by atoms with Gasteiger partial charge in [-0.15, -0.1) is 6.58 Å². The molecule has 0 aromatic rings. The maximum atomic E-state index is 11.2. The number of esters is 1. The number of carbonyl (C=O) groups is 1. The third kappa shape index (κ3) is 2.10. The maximum Gasteiger partial charge on any atom is 0.323 e. The molecule has 2 unspecified atom stereocenters. The first-order valence-corrected chi connectivity index (χ1v) is 4.65. The molecule has 3 heteroatoms. The minimum absolute atomic E-state index is 0.0139. The average Bonchev–Trinajstić information content (AvgIpc) is 2.02. The Morgan fingerprint density at radius 2 is 2.54 bits per heavy atom. The summed E-state index contributed by atoms with van der Waals surface area (Å²) in [4.78, 5) is 13.4. The van der Waals surface area contributed by atoms with Gasteiger partial charge in [-0.25, -0.2) is 0 Å². The Balaban J connectivity index is 2.43. The minimum Gasteiger partial charge on any atom is -0.468 e. The van der Waals surface area contributed by atoms with Crippen molar-refractivity contribution < 1.29 is 9.53 Å². The summed E-state index contributed by atoms with van der Waals surface area (Å²) < 4.78 is 4.71. The highest BCUT2D eigenvalue weighted by atomic mass is 16.5. The number of hydrogen-bond donors (Lipinski definition) is 0. The van der Waals surface area contributed by atoms with Crippen LogP contribution >= 0.6 is 0 Å². The van der Waals surface area contributed by atoms with E-state index in [9.17, 15) is 4.79 Å². The van der Waals surface area contributed by atoms with Crippen LogP contribution in [0.1, 0.15) is 19.8 Å². The lowest BCUT2D eigenvalue weighted by Gasteiger charge is -2.42. The fourth-order valence-corrected chi connectivity index (χ4v) is 1.70. The summed E-state index contributed by atoms with van der Waals surface area (Å²) in [7, 11) is 1.44. The van der Waals surface area contributed by atoms with Crippen molar-refractivity contribution in [1.82, 2.24) is 4.90 Å². The molecule has 0 saturated carbocycles. The van der Waals surface area contributed by atoms with E-state index in [1.165, 1.54) is 7.11 Å². The van der Waals surface area contributed by atoms with Crippen LogP contribution in [0.3, 0.4) is 0 Å². The van der Waals surface area contributed by atoms with Crippen LogP contribution in [0.2, 0.25) is 0 Å². The van der Waals surface area contributed by atoms with Gasteiger partial charge in [0.1, 0.15) is 6.04 Å². The van der Waals surface area contributed by atoms with Gasteiger partial charge >= 0.3 is 5.97 Å². The molecule has 0 amide bonds. The topological polar surface area (TPSA) is 29.5 Å². The SMILES string of the molecule is C=CCC(C)N1CCC1C(=O)OC. The molecular weight excluding hydrogens is 166 g/mol. The standard InChI is InChI=1S/C10H17NO2/c1-4-5-8(2)11-7-6-9(11)10(12)13-3/h4,8-9H,1,5-7H2,2-3H3. The lowest BCUT2D eigenvalue weighted by molar-refractivity contribution is -0.153. The van der Waals surface area contributed by atoms with Crippen molar-refractivity contribution in [3.05, 3.63) is 12.7 Å². The van der Waals surface area contributed by atoms with E-state index in [1.807, 2.05) is 6.08 Å². The maximum absolute atomic E-state index is 11.2. The summed E-state index contributed by atoms with van der Waals surface area (Å²) in [6, 6.07) is 0.385. The molecule has 0 bridgehead atoms. The Morgan fingerprint density at radius 3 is 2.92 bits per heavy atom. The van der Waals surface area contributed by atoms with Gasteiger partial charge in [0, 0.05) is 12.6 Å². The highest BCUT2D eigenvalue weighted by molar-refractivity contribution is 5.76. The molecule has 0 aliphatic carbocycles. The van der Waals surface area contributed by atoms with Gasteiger partial charge in [0.15, 0.2) is 0 Å². The van der Waals surface area contributed by atoms with Crippen molar-refractivity contribution in [2.45, 2.75) is 31.8 Å². The van der Waals surface area contributed by atoms with Gasteiger partial charge in [0.2, 0.25) is 0 Å². The minimum atomic E-state index is -0.109. The lowest BCUT2D eigenvalue weighted by atomic mass is 9.99. The van der Waals surface area contributed by atoms with Crippen LogP contribution in [0.25, 0.3) is 0 Å². The normalized spacial score (nSPS) is 24.6. The Labute approximate surface area is 79.4 Å². The third-order valence-corrected chi connectivity index (χ3v) is 2.61. The molecule has 3 nitrogen and oxygen atoms in total. The van der Waals surface area contributed by atoms with Crippen LogP contribution in [0.5, 0.6) is 0 Å². The van der Waals surface area contributed by atoms with Crippen molar-refractivity contribution in [1.29, 1.82) is 0 Å². The van der Waals surface area contributed by atoms with Crippen molar-refractivity contribution in [3.63, 3.8) is 0 Å². The zero-order valence-electron chi connectivity index (χ0n) is 8.32. The molecule has 74 valence electrons. The summed E-state index contributed by atoms with van der Waals surface area (Å²) in [6.45, 7) is 6.79. The summed E-state index contributed by atoms with van der Waals surface area (Å²) in [5, 5.41) is 0.